The Balaban J connectivity index is 2.17. The van der Waals surface area contributed by atoms with Gasteiger partial charge in [0, 0.05) is 25.6 Å². The molecule has 2 aromatic rings. The van der Waals surface area contributed by atoms with Crippen LogP contribution in [-0.2, 0) is 27.4 Å². The number of alkyl carbamates (subject to hydrolysis) is 1. The molecular formula is C26H27F7N2O5. The van der Waals surface area contributed by atoms with E-state index < -0.39 is 77.6 Å². The Kier molecular flexibility index (Phi) is 9.04. The maximum atomic E-state index is 14.0. The van der Waals surface area contributed by atoms with Crippen LogP contribution in [0.1, 0.15) is 53.6 Å². The Morgan fingerprint density at radius 3 is 2.20 bits per heavy atom. The lowest BCUT2D eigenvalue weighted by molar-refractivity contribution is -0.163. The molecule has 7 nitrogen and oxygen atoms in total. The van der Waals surface area contributed by atoms with E-state index in [1.165, 1.54) is 24.8 Å². The third kappa shape index (κ3) is 6.49. The van der Waals surface area contributed by atoms with Gasteiger partial charge < -0.3 is 20.3 Å². The molecule has 40 heavy (non-hydrogen) atoms. The number of rotatable bonds is 7. The fraction of sp³-hybridized carbons (Fsp3) is 0.462. The highest BCUT2D eigenvalue weighted by atomic mass is 19.4. The first kappa shape index (κ1) is 31.1. The topological polar surface area (TPSA) is 99.1 Å². The van der Waals surface area contributed by atoms with Gasteiger partial charge in [-0.1, -0.05) is 6.07 Å². The molecule has 0 spiro atoms. The van der Waals surface area contributed by atoms with Crippen LogP contribution in [-0.4, -0.2) is 53.0 Å². The second kappa shape index (κ2) is 11.6. The lowest BCUT2D eigenvalue weighted by Crippen LogP contribution is -2.59. The van der Waals surface area contributed by atoms with Crippen LogP contribution in [0.4, 0.5) is 35.5 Å². The number of aliphatic carboxylic acids is 1. The van der Waals surface area contributed by atoms with E-state index in [0.29, 0.717) is 12.1 Å². The Hall–Kier alpha value is -3.39. The van der Waals surface area contributed by atoms with Crippen molar-refractivity contribution in [2.45, 2.75) is 56.7 Å². The van der Waals surface area contributed by atoms with Crippen molar-refractivity contribution in [3.8, 4) is 0 Å². The van der Waals surface area contributed by atoms with Crippen molar-refractivity contribution in [2.24, 2.45) is 0 Å². The van der Waals surface area contributed by atoms with Gasteiger partial charge in [0.05, 0.1) is 17.7 Å². The molecule has 1 saturated heterocycles. The number of carboxylic acid groups (broad SMARTS) is 1. The zero-order chi connectivity index (χ0) is 30.0. The van der Waals surface area contributed by atoms with Crippen molar-refractivity contribution in [3.05, 3.63) is 70.0 Å². The molecular weight excluding hydrogens is 553 g/mol. The molecule has 0 unspecified atom stereocenters. The number of aliphatic hydroxyl groups excluding tert-OH is 1. The number of carbonyl (C=O) groups is 2. The fourth-order valence-electron chi connectivity index (χ4n) is 5.08. The Morgan fingerprint density at radius 2 is 1.70 bits per heavy atom. The Morgan fingerprint density at radius 1 is 1.10 bits per heavy atom. The van der Waals surface area contributed by atoms with Gasteiger partial charge in [-0.15, -0.1) is 0 Å². The predicted molar refractivity (Wildman–Crippen MR) is 127 cm³/mol. The number of carbonyl (C=O) groups excluding carboxylic acids is 1. The zero-order valence-corrected chi connectivity index (χ0v) is 21.4. The first-order chi connectivity index (χ1) is 18.5. The van der Waals surface area contributed by atoms with Crippen molar-refractivity contribution in [3.63, 3.8) is 0 Å². The molecule has 1 heterocycles. The number of nitrogens with one attached hydrogen (secondary N) is 1. The number of ether oxygens (including phenoxy) is 1. The van der Waals surface area contributed by atoms with Crippen LogP contribution in [0.15, 0.2) is 36.4 Å². The molecule has 2 aromatic carbocycles. The van der Waals surface area contributed by atoms with E-state index in [1.807, 2.05) is 0 Å². The molecule has 14 heteroatoms. The highest BCUT2D eigenvalue weighted by molar-refractivity contribution is 5.82. The van der Waals surface area contributed by atoms with Gasteiger partial charge in [0.15, 0.2) is 0 Å². The Labute approximate surface area is 224 Å². The van der Waals surface area contributed by atoms with Gasteiger partial charge in [-0.25, -0.2) is 14.0 Å². The second-order valence-electron chi connectivity index (χ2n) is 9.50. The van der Waals surface area contributed by atoms with Gasteiger partial charge in [-0.3, -0.25) is 4.90 Å². The van der Waals surface area contributed by atoms with Crippen LogP contribution in [0.3, 0.4) is 0 Å². The van der Waals surface area contributed by atoms with Crippen molar-refractivity contribution in [2.75, 3.05) is 19.7 Å². The molecule has 3 N–H and O–H groups in total. The minimum atomic E-state index is -5.12. The number of hydrogen-bond donors (Lipinski definition) is 3. The number of likely N-dealkylation sites (tertiary alicyclic amines) is 1. The van der Waals surface area contributed by atoms with Crippen LogP contribution in [0.2, 0.25) is 0 Å². The molecule has 1 aliphatic rings. The molecule has 0 saturated carbocycles. The van der Waals surface area contributed by atoms with E-state index in [0.717, 1.165) is 12.1 Å². The standard InChI is InChI=1S/C26H27F7N2O5/c1-14-9-19(27)3-4-21(14)24(22(37)38)13-20(40-23(39)34-6-8-36)5-7-35(24)15(2)16-10-17(25(28,29)30)12-18(11-16)26(31,32)33/h3-4,9-12,15,20,36H,5-8,13H2,1-2H3,(H,34,39)(H,37,38)/t15-,20-,24+/m0/s1. The summed E-state index contributed by atoms with van der Waals surface area (Å²) in [6.07, 6.45) is -12.7. The summed E-state index contributed by atoms with van der Waals surface area (Å²) in [5.74, 6) is -2.22. The number of hydrogen-bond acceptors (Lipinski definition) is 5. The summed E-state index contributed by atoms with van der Waals surface area (Å²) in [6.45, 7) is 1.93. The minimum absolute atomic E-state index is 0.0166. The molecule has 0 radical (unpaired) electrons. The summed E-state index contributed by atoms with van der Waals surface area (Å²) in [7, 11) is 0. The van der Waals surface area contributed by atoms with E-state index in [-0.39, 0.29) is 36.7 Å². The van der Waals surface area contributed by atoms with Crippen molar-refractivity contribution in [1.82, 2.24) is 10.2 Å². The molecule has 1 aliphatic heterocycles. The molecule has 1 fully saturated rings. The van der Waals surface area contributed by atoms with E-state index in [2.05, 4.69) is 5.32 Å². The molecule has 3 atom stereocenters. The minimum Gasteiger partial charge on any atom is -0.480 e. The van der Waals surface area contributed by atoms with Gasteiger partial charge in [0.1, 0.15) is 17.5 Å². The van der Waals surface area contributed by atoms with Gasteiger partial charge in [-0.05, 0) is 67.3 Å². The summed E-state index contributed by atoms with van der Waals surface area (Å²) < 4.78 is 101. The largest absolute Gasteiger partial charge is 0.480 e. The fourth-order valence-corrected chi connectivity index (χ4v) is 5.08. The lowest BCUT2D eigenvalue weighted by atomic mass is 9.75. The zero-order valence-electron chi connectivity index (χ0n) is 21.4. The summed E-state index contributed by atoms with van der Waals surface area (Å²) in [5.41, 5.74) is -5.49. The maximum Gasteiger partial charge on any atom is 0.416 e. The summed E-state index contributed by atoms with van der Waals surface area (Å²) in [5, 5.41) is 21.7. The van der Waals surface area contributed by atoms with E-state index in [1.54, 1.807) is 0 Å². The number of aryl methyl sites for hydroxylation is 1. The van der Waals surface area contributed by atoms with Crippen LogP contribution >= 0.6 is 0 Å². The second-order valence-corrected chi connectivity index (χ2v) is 9.50. The van der Waals surface area contributed by atoms with Crippen LogP contribution in [0, 0.1) is 12.7 Å². The number of aliphatic hydroxyl groups is 1. The van der Waals surface area contributed by atoms with Gasteiger partial charge in [-0.2, -0.15) is 26.3 Å². The quantitative estimate of drug-likeness (QED) is 0.380. The predicted octanol–water partition coefficient (Wildman–Crippen LogP) is 5.40. The third-order valence-corrected chi connectivity index (χ3v) is 6.91. The van der Waals surface area contributed by atoms with Crippen LogP contribution in [0.5, 0.6) is 0 Å². The monoisotopic (exact) mass is 580 g/mol. The van der Waals surface area contributed by atoms with Crippen molar-refractivity contribution >= 4 is 12.1 Å². The van der Waals surface area contributed by atoms with E-state index in [4.69, 9.17) is 9.84 Å². The number of alkyl halides is 6. The van der Waals surface area contributed by atoms with Crippen molar-refractivity contribution in [1.29, 1.82) is 0 Å². The van der Waals surface area contributed by atoms with Crippen LogP contribution in [0.25, 0.3) is 0 Å². The normalized spacial score (nSPS) is 21.1. The smallest absolute Gasteiger partial charge is 0.416 e. The van der Waals surface area contributed by atoms with Gasteiger partial charge in [0.25, 0.3) is 0 Å². The highest BCUT2D eigenvalue weighted by Crippen LogP contribution is 2.46. The maximum absolute atomic E-state index is 14.0. The lowest BCUT2D eigenvalue weighted by Gasteiger charge is -2.50. The number of benzene rings is 2. The summed E-state index contributed by atoms with van der Waals surface area (Å²) in [6, 6.07) is 2.96. The average molecular weight is 580 g/mol. The Bertz CT molecular complexity index is 1220. The average Bonchev–Trinajstić information content (AvgIpc) is 2.85. The van der Waals surface area contributed by atoms with E-state index in [9.17, 15) is 45.4 Å². The summed E-state index contributed by atoms with van der Waals surface area (Å²) in [4.78, 5) is 26.4. The SMILES string of the molecule is Cc1cc(F)ccc1[C@@]1(C(=O)O)C[C@@H](OC(=O)NCCO)CCN1[C@@H](C)c1cc(C(F)(F)F)cc(C(F)(F)F)c1. The van der Waals surface area contributed by atoms with E-state index >= 15 is 0 Å². The van der Waals surface area contributed by atoms with Crippen molar-refractivity contribution < 1.29 is 55.3 Å². The number of piperidine rings is 1. The molecule has 0 aromatic heterocycles. The molecule has 0 aliphatic carbocycles. The molecule has 0 bridgehead atoms. The number of halogens is 7. The summed E-state index contributed by atoms with van der Waals surface area (Å²) >= 11 is 0. The first-order valence-electron chi connectivity index (χ1n) is 12.1. The van der Waals surface area contributed by atoms with Crippen LogP contribution < -0.4 is 5.32 Å². The number of nitrogens with zero attached hydrogens (tertiary/aromatic N) is 1. The van der Waals surface area contributed by atoms with Gasteiger partial charge >= 0.3 is 24.4 Å². The number of carboxylic acids is 1. The number of amides is 1. The molecule has 220 valence electrons. The third-order valence-electron chi connectivity index (χ3n) is 6.91. The molecule has 1 amide bonds. The first-order valence-corrected chi connectivity index (χ1v) is 12.1. The highest BCUT2D eigenvalue weighted by Gasteiger charge is 2.53. The van der Waals surface area contributed by atoms with Gasteiger partial charge in [0.2, 0.25) is 0 Å². The molecule has 3 rings (SSSR count).